The third-order valence-corrected chi connectivity index (χ3v) is 6.46. The summed E-state index contributed by atoms with van der Waals surface area (Å²) < 4.78 is 26.0. The molecular weight excluding hydrogens is 423 g/mol. The fourth-order valence-corrected chi connectivity index (χ4v) is 4.93. The van der Waals surface area contributed by atoms with E-state index in [0.29, 0.717) is 29.2 Å². The number of aryl methyl sites for hydroxylation is 1. The molecule has 3 atom stereocenters. The number of carbonyl (C=O) groups excluding carboxylic acids is 1. The number of benzene rings is 1. The number of halogens is 1. The molecule has 33 heavy (non-hydrogen) atoms. The lowest BCUT2D eigenvalue weighted by molar-refractivity contribution is -0.0327. The molecule has 8 heteroatoms. The molecule has 7 nitrogen and oxygen atoms in total. The minimum Gasteiger partial charge on any atom is -0.496 e. The van der Waals surface area contributed by atoms with Gasteiger partial charge in [0, 0.05) is 30.7 Å². The van der Waals surface area contributed by atoms with E-state index >= 15 is 0 Å². The number of methoxy groups -OCH3 is 1. The Balaban J connectivity index is 1.48. The Morgan fingerprint density at radius 1 is 1.15 bits per heavy atom. The molecule has 1 aromatic carbocycles. The van der Waals surface area contributed by atoms with Crippen LogP contribution in [0, 0.1) is 18.7 Å². The third-order valence-electron chi connectivity index (χ3n) is 6.46. The lowest BCUT2D eigenvalue weighted by Gasteiger charge is -2.49. The topological polar surface area (TPSA) is 77.4 Å². The molecule has 2 saturated heterocycles. The average Bonchev–Trinajstić information content (AvgIpc) is 2.85. The summed E-state index contributed by atoms with van der Waals surface area (Å²) in [6.45, 7) is 2.41. The summed E-state index contributed by atoms with van der Waals surface area (Å²) in [6.07, 6.45) is 7.13. The van der Waals surface area contributed by atoms with E-state index in [-0.39, 0.29) is 29.9 Å². The van der Waals surface area contributed by atoms with Crippen molar-refractivity contribution in [3.8, 4) is 23.0 Å². The van der Waals surface area contributed by atoms with Gasteiger partial charge in [-0.05, 0) is 55.9 Å². The summed E-state index contributed by atoms with van der Waals surface area (Å²) in [4.78, 5) is 28.6. The third kappa shape index (κ3) is 4.01. The van der Waals surface area contributed by atoms with Crippen molar-refractivity contribution in [3.63, 3.8) is 0 Å². The van der Waals surface area contributed by atoms with E-state index in [4.69, 9.17) is 9.47 Å². The van der Waals surface area contributed by atoms with Gasteiger partial charge in [0.15, 0.2) is 11.6 Å². The summed E-state index contributed by atoms with van der Waals surface area (Å²) in [7, 11) is 1.54. The molecule has 3 unspecified atom stereocenters. The fourth-order valence-electron chi connectivity index (χ4n) is 4.93. The number of hydrogen-bond donors (Lipinski definition) is 0. The first kappa shape index (κ1) is 21.3. The first-order valence-electron chi connectivity index (χ1n) is 11.1. The zero-order valence-corrected chi connectivity index (χ0v) is 18.6. The smallest absolute Gasteiger partial charge is 0.258 e. The second-order valence-corrected chi connectivity index (χ2v) is 8.62. The highest BCUT2D eigenvalue weighted by atomic mass is 19.1. The maximum atomic E-state index is 14.4. The van der Waals surface area contributed by atoms with E-state index in [1.807, 2.05) is 17.0 Å². The van der Waals surface area contributed by atoms with Gasteiger partial charge in [-0.25, -0.2) is 19.3 Å². The normalized spacial score (nSPS) is 21.7. The number of amides is 1. The summed E-state index contributed by atoms with van der Waals surface area (Å²) >= 11 is 0. The number of piperidine rings is 2. The highest BCUT2D eigenvalue weighted by Crippen LogP contribution is 2.40. The number of ether oxygens (including phenoxy) is 2. The molecule has 3 aliphatic rings. The van der Waals surface area contributed by atoms with Crippen LogP contribution in [0.2, 0.25) is 0 Å². The van der Waals surface area contributed by atoms with Crippen molar-refractivity contribution in [3.05, 3.63) is 65.9 Å². The lowest BCUT2D eigenvalue weighted by atomic mass is 9.77. The maximum Gasteiger partial charge on any atom is 0.258 e. The van der Waals surface area contributed by atoms with E-state index in [1.54, 1.807) is 44.8 Å². The molecule has 1 saturated carbocycles. The zero-order valence-electron chi connectivity index (χ0n) is 18.6. The maximum absolute atomic E-state index is 14.4. The number of hydrogen-bond acceptors (Lipinski definition) is 6. The second-order valence-electron chi connectivity index (χ2n) is 8.62. The largest absolute Gasteiger partial charge is 0.496 e. The van der Waals surface area contributed by atoms with Crippen molar-refractivity contribution in [1.29, 1.82) is 0 Å². The Hall–Kier alpha value is -3.55. The van der Waals surface area contributed by atoms with E-state index in [0.717, 1.165) is 24.8 Å². The van der Waals surface area contributed by atoms with E-state index in [1.165, 1.54) is 6.07 Å². The van der Waals surface area contributed by atoms with Crippen LogP contribution in [0.3, 0.4) is 0 Å². The van der Waals surface area contributed by atoms with E-state index in [9.17, 15) is 9.18 Å². The van der Waals surface area contributed by atoms with Gasteiger partial charge in [0.1, 0.15) is 11.9 Å². The predicted octanol–water partition coefficient (Wildman–Crippen LogP) is 4.07. The van der Waals surface area contributed by atoms with Crippen molar-refractivity contribution in [2.24, 2.45) is 5.92 Å². The second kappa shape index (κ2) is 8.77. The molecule has 170 valence electrons. The van der Waals surface area contributed by atoms with Gasteiger partial charge in [-0.15, -0.1) is 0 Å². The van der Waals surface area contributed by atoms with E-state index in [2.05, 4.69) is 15.0 Å². The van der Waals surface area contributed by atoms with Crippen molar-refractivity contribution < 1.29 is 18.7 Å². The molecule has 2 aliphatic heterocycles. The average molecular weight is 448 g/mol. The standard InChI is InChI=1S/C25H25FN4O3/c1-15-11-18(26)24(29-13-15)33-21-12-16-7-8-19(21)30(14-16)25(31)22-17(5-3-6-20(22)32-2)23-27-9-4-10-28-23/h3-6,9-11,13,16,19,21H,7-8,12,14H2,1-2H3. The number of fused-ring (bicyclic) bond motifs is 3. The highest BCUT2D eigenvalue weighted by molar-refractivity contribution is 6.03. The number of rotatable bonds is 5. The fraction of sp³-hybridized carbons (Fsp3) is 0.360. The van der Waals surface area contributed by atoms with Crippen molar-refractivity contribution in [2.45, 2.75) is 38.3 Å². The molecule has 4 heterocycles. The van der Waals surface area contributed by atoms with Gasteiger partial charge in [-0.1, -0.05) is 12.1 Å². The van der Waals surface area contributed by atoms with Crippen LogP contribution in [-0.2, 0) is 0 Å². The van der Waals surface area contributed by atoms with Crippen molar-refractivity contribution in [2.75, 3.05) is 13.7 Å². The van der Waals surface area contributed by atoms with Gasteiger partial charge in [0.05, 0.1) is 18.7 Å². The Labute approximate surface area is 191 Å². The Bertz CT molecular complexity index is 1170. The number of aromatic nitrogens is 3. The molecule has 6 rings (SSSR count). The van der Waals surface area contributed by atoms with E-state index < -0.39 is 5.82 Å². The molecule has 3 aromatic rings. The van der Waals surface area contributed by atoms with Crippen LogP contribution < -0.4 is 9.47 Å². The molecule has 3 fully saturated rings. The van der Waals surface area contributed by atoms with Crippen molar-refractivity contribution >= 4 is 5.91 Å². The number of nitrogens with zero attached hydrogens (tertiary/aromatic N) is 4. The number of carbonyl (C=O) groups is 1. The molecule has 0 radical (unpaired) electrons. The van der Waals surface area contributed by atoms with Crippen LogP contribution in [0.15, 0.2) is 48.9 Å². The number of pyridine rings is 1. The summed E-state index contributed by atoms with van der Waals surface area (Å²) in [6, 6.07) is 8.37. The predicted molar refractivity (Wildman–Crippen MR) is 120 cm³/mol. The van der Waals surface area contributed by atoms with Crippen LogP contribution in [-0.4, -0.2) is 51.6 Å². The van der Waals surface area contributed by atoms with Crippen LogP contribution in [0.25, 0.3) is 11.4 Å². The van der Waals surface area contributed by atoms with Crippen LogP contribution in [0.1, 0.15) is 35.2 Å². The van der Waals surface area contributed by atoms with Gasteiger partial charge in [0.25, 0.3) is 11.8 Å². The Morgan fingerprint density at radius 3 is 2.70 bits per heavy atom. The van der Waals surface area contributed by atoms with Crippen LogP contribution in [0.5, 0.6) is 11.6 Å². The zero-order chi connectivity index (χ0) is 22.9. The lowest BCUT2D eigenvalue weighted by Crippen LogP contribution is -2.59. The van der Waals surface area contributed by atoms with Gasteiger partial charge >= 0.3 is 0 Å². The quantitative estimate of drug-likeness (QED) is 0.586. The molecular formula is C25H25FN4O3. The Kier molecular flexibility index (Phi) is 5.66. The Morgan fingerprint density at radius 2 is 1.97 bits per heavy atom. The summed E-state index contributed by atoms with van der Waals surface area (Å²) in [5.41, 5.74) is 1.77. The molecule has 2 aromatic heterocycles. The summed E-state index contributed by atoms with van der Waals surface area (Å²) in [5, 5.41) is 0. The van der Waals surface area contributed by atoms with Crippen molar-refractivity contribution in [1.82, 2.24) is 19.9 Å². The molecule has 2 bridgehead atoms. The van der Waals surface area contributed by atoms with Gasteiger partial charge < -0.3 is 14.4 Å². The first-order valence-corrected chi connectivity index (χ1v) is 11.1. The molecule has 1 aliphatic carbocycles. The summed E-state index contributed by atoms with van der Waals surface area (Å²) in [5.74, 6) is 0.554. The molecule has 1 amide bonds. The first-order chi connectivity index (χ1) is 16.0. The van der Waals surface area contributed by atoms with Gasteiger partial charge in [0.2, 0.25) is 0 Å². The minimum atomic E-state index is -0.484. The highest BCUT2D eigenvalue weighted by Gasteiger charge is 2.45. The molecule has 0 N–H and O–H groups in total. The van der Waals surface area contributed by atoms with Gasteiger partial charge in [-0.3, -0.25) is 4.79 Å². The van der Waals surface area contributed by atoms with Gasteiger partial charge in [-0.2, -0.15) is 0 Å². The van der Waals surface area contributed by atoms with Crippen LogP contribution >= 0.6 is 0 Å². The molecule has 0 spiro atoms. The minimum absolute atomic E-state index is 0.0128. The monoisotopic (exact) mass is 448 g/mol. The SMILES string of the molecule is COc1cccc(-c2ncccn2)c1C(=O)N1CC2CCC1C(Oc1ncc(C)cc1F)C2. The van der Waals surface area contributed by atoms with Crippen LogP contribution in [0.4, 0.5) is 4.39 Å².